The highest BCUT2D eigenvalue weighted by molar-refractivity contribution is 5.44. The third-order valence-corrected chi connectivity index (χ3v) is 2.92. The van der Waals surface area contributed by atoms with E-state index in [2.05, 4.69) is 5.32 Å². The van der Waals surface area contributed by atoms with Crippen LogP contribution < -0.4 is 10.1 Å². The van der Waals surface area contributed by atoms with E-state index in [0.717, 1.165) is 17.7 Å². The molecule has 0 radical (unpaired) electrons. The molecule has 1 unspecified atom stereocenters. The molecule has 112 valence electrons. The Morgan fingerprint density at radius 2 is 1.86 bits per heavy atom. The molecule has 0 aliphatic carbocycles. The van der Waals surface area contributed by atoms with Gasteiger partial charge >= 0.3 is 0 Å². The first-order chi connectivity index (χ1) is 10.0. The molecule has 2 aromatic carbocycles. The summed E-state index contributed by atoms with van der Waals surface area (Å²) in [6, 6.07) is 10.7. The first-order valence-corrected chi connectivity index (χ1v) is 6.61. The molecule has 0 aliphatic heterocycles. The number of anilines is 1. The highest BCUT2D eigenvalue weighted by atomic mass is 19.1. The fourth-order valence-electron chi connectivity index (χ4n) is 1.75. The van der Waals surface area contributed by atoms with Gasteiger partial charge in [-0.3, -0.25) is 0 Å². The van der Waals surface area contributed by atoms with Crippen LogP contribution in [0.2, 0.25) is 0 Å². The largest absolute Gasteiger partial charge is 0.491 e. The van der Waals surface area contributed by atoms with E-state index in [4.69, 9.17) is 4.74 Å². The molecule has 0 heterocycles. The number of benzene rings is 2. The summed E-state index contributed by atoms with van der Waals surface area (Å²) < 4.78 is 31.5. The third kappa shape index (κ3) is 4.72. The summed E-state index contributed by atoms with van der Waals surface area (Å²) in [5, 5.41) is 12.5. The number of hydrogen-bond acceptors (Lipinski definition) is 3. The van der Waals surface area contributed by atoms with Crippen molar-refractivity contribution in [2.24, 2.45) is 0 Å². The van der Waals surface area contributed by atoms with Crippen molar-refractivity contribution >= 4 is 5.69 Å². The molecule has 5 heteroatoms. The van der Waals surface area contributed by atoms with Crippen molar-refractivity contribution in [2.75, 3.05) is 18.5 Å². The van der Waals surface area contributed by atoms with Crippen molar-refractivity contribution in [2.45, 2.75) is 13.0 Å². The van der Waals surface area contributed by atoms with Crippen LogP contribution in [0.3, 0.4) is 0 Å². The number of aliphatic hydroxyl groups is 1. The number of halogens is 2. The van der Waals surface area contributed by atoms with Crippen molar-refractivity contribution in [3.05, 3.63) is 59.7 Å². The van der Waals surface area contributed by atoms with E-state index in [0.29, 0.717) is 5.75 Å². The molecule has 0 fully saturated rings. The number of rotatable bonds is 6. The van der Waals surface area contributed by atoms with E-state index in [1.807, 2.05) is 31.2 Å². The summed E-state index contributed by atoms with van der Waals surface area (Å²) in [5.74, 6) is -0.671. The van der Waals surface area contributed by atoms with Crippen molar-refractivity contribution in [1.29, 1.82) is 0 Å². The second-order valence-electron chi connectivity index (χ2n) is 4.78. The zero-order valence-electron chi connectivity index (χ0n) is 11.6. The molecular formula is C16H17F2NO2. The van der Waals surface area contributed by atoms with Crippen LogP contribution >= 0.6 is 0 Å². The molecular weight excluding hydrogens is 276 g/mol. The molecule has 0 saturated carbocycles. The van der Waals surface area contributed by atoms with Crippen molar-refractivity contribution in [3.8, 4) is 5.75 Å². The van der Waals surface area contributed by atoms with Crippen LogP contribution in [0.1, 0.15) is 5.56 Å². The number of ether oxygens (including phenoxy) is 1. The highest BCUT2D eigenvalue weighted by Gasteiger charge is 2.08. The zero-order chi connectivity index (χ0) is 15.2. The molecule has 0 spiro atoms. The minimum Gasteiger partial charge on any atom is -0.491 e. The summed E-state index contributed by atoms with van der Waals surface area (Å²) in [5.41, 5.74) is 1.27. The molecule has 0 bridgehead atoms. The van der Waals surface area contributed by atoms with Gasteiger partial charge in [-0.25, -0.2) is 8.78 Å². The highest BCUT2D eigenvalue weighted by Crippen LogP contribution is 2.15. The van der Waals surface area contributed by atoms with Crippen LogP contribution in [0.15, 0.2) is 42.5 Å². The van der Waals surface area contributed by atoms with Crippen molar-refractivity contribution < 1.29 is 18.6 Å². The minimum absolute atomic E-state index is 0.0822. The molecule has 0 aromatic heterocycles. The Morgan fingerprint density at radius 1 is 1.14 bits per heavy atom. The van der Waals surface area contributed by atoms with Gasteiger partial charge < -0.3 is 15.2 Å². The van der Waals surface area contributed by atoms with Gasteiger partial charge in [0, 0.05) is 12.6 Å². The summed E-state index contributed by atoms with van der Waals surface area (Å²) in [4.78, 5) is 0. The van der Waals surface area contributed by atoms with E-state index >= 15 is 0 Å². The Morgan fingerprint density at radius 3 is 2.52 bits per heavy atom. The molecule has 0 saturated heterocycles. The fraction of sp³-hybridized carbons (Fsp3) is 0.250. The Kier molecular flexibility index (Phi) is 5.11. The van der Waals surface area contributed by atoms with Gasteiger partial charge in [-0.15, -0.1) is 0 Å². The lowest BCUT2D eigenvalue weighted by Crippen LogP contribution is -2.26. The fourth-order valence-corrected chi connectivity index (χ4v) is 1.75. The number of hydrogen-bond donors (Lipinski definition) is 2. The van der Waals surface area contributed by atoms with Gasteiger partial charge in [0.25, 0.3) is 0 Å². The predicted molar refractivity (Wildman–Crippen MR) is 77.5 cm³/mol. The minimum atomic E-state index is -0.809. The molecule has 2 rings (SSSR count). The molecule has 2 N–H and O–H groups in total. The van der Waals surface area contributed by atoms with E-state index in [1.165, 1.54) is 6.07 Å². The maximum absolute atomic E-state index is 13.4. The van der Waals surface area contributed by atoms with E-state index < -0.39 is 17.7 Å². The van der Waals surface area contributed by atoms with Crippen LogP contribution in [0.4, 0.5) is 14.5 Å². The normalized spacial score (nSPS) is 12.0. The van der Waals surface area contributed by atoms with Crippen LogP contribution in [-0.4, -0.2) is 24.4 Å². The Bertz CT molecular complexity index is 587. The maximum Gasteiger partial charge on any atom is 0.149 e. The third-order valence-electron chi connectivity index (χ3n) is 2.92. The molecule has 3 nitrogen and oxygen atoms in total. The Hall–Kier alpha value is -2.14. The lowest BCUT2D eigenvalue weighted by molar-refractivity contribution is 0.117. The van der Waals surface area contributed by atoms with Crippen LogP contribution in [0, 0.1) is 18.6 Å². The Balaban J connectivity index is 1.79. The predicted octanol–water partition coefficient (Wildman–Crippen LogP) is 3.13. The van der Waals surface area contributed by atoms with Gasteiger partial charge in [-0.05, 0) is 31.2 Å². The first kappa shape index (κ1) is 15.3. The summed E-state index contributed by atoms with van der Waals surface area (Å²) in [6.07, 6.45) is -0.809. The quantitative estimate of drug-likeness (QED) is 0.860. The van der Waals surface area contributed by atoms with Gasteiger partial charge in [0.1, 0.15) is 30.1 Å². The number of aliphatic hydroxyl groups excluding tert-OH is 1. The van der Waals surface area contributed by atoms with Crippen LogP contribution in [-0.2, 0) is 0 Å². The maximum atomic E-state index is 13.4. The lowest BCUT2D eigenvalue weighted by Gasteiger charge is -2.14. The average molecular weight is 293 g/mol. The standard InChI is InChI=1S/C16H17F2NO2/c1-11-2-5-14(6-3-11)21-10-13(20)9-19-16-7-4-12(17)8-15(16)18/h2-8,13,19-20H,9-10H2,1H3. The average Bonchev–Trinajstić information content (AvgIpc) is 2.46. The van der Waals surface area contributed by atoms with Crippen molar-refractivity contribution in [1.82, 2.24) is 0 Å². The van der Waals surface area contributed by atoms with E-state index in [-0.39, 0.29) is 18.8 Å². The molecule has 1 atom stereocenters. The van der Waals surface area contributed by atoms with Crippen LogP contribution in [0.5, 0.6) is 5.75 Å². The molecule has 2 aromatic rings. The van der Waals surface area contributed by atoms with Gasteiger partial charge in [0.15, 0.2) is 0 Å². The molecule has 0 amide bonds. The molecule has 21 heavy (non-hydrogen) atoms. The first-order valence-electron chi connectivity index (χ1n) is 6.61. The number of nitrogens with one attached hydrogen (secondary N) is 1. The van der Waals surface area contributed by atoms with Gasteiger partial charge in [-0.1, -0.05) is 17.7 Å². The summed E-state index contributed by atoms with van der Waals surface area (Å²) in [6.45, 7) is 2.16. The van der Waals surface area contributed by atoms with E-state index in [1.54, 1.807) is 0 Å². The van der Waals surface area contributed by atoms with Gasteiger partial charge in [0.05, 0.1) is 5.69 Å². The smallest absolute Gasteiger partial charge is 0.149 e. The van der Waals surface area contributed by atoms with E-state index in [9.17, 15) is 13.9 Å². The zero-order valence-corrected chi connectivity index (χ0v) is 11.6. The monoisotopic (exact) mass is 293 g/mol. The summed E-state index contributed by atoms with van der Waals surface area (Å²) >= 11 is 0. The van der Waals surface area contributed by atoms with Gasteiger partial charge in [0.2, 0.25) is 0 Å². The second kappa shape index (κ2) is 7.04. The Labute approximate surface area is 122 Å². The van der Waals surface area contributed by atoms with Crippen LogP contribution in [0.25, 0.3) is 0 Å². The summed E-state index contributed by atoms with van der Waals surface area (Å²) in [7, 11) is 0. The van der Waals surface area contributed by atoms with Gasteiger partial charge in [-0.2, -0.15) is 0 Å². The topological polar surface area (TPSA) is 41.5 Å². The second-order valence-corrected chi connectivity index (χ2v) is 4.78. The lowest BCUT2D eigenvalue weighted by atomic mass is 10.2. The van der Waals surface area contributed by atoms with Crippen molar-refractivity contribution in [3.63, 3.8) is 0 Å². The number of aryl methyl sites for hydroxylation is 1. The SMILES string of the molecule is Cc1ccc(OCC(O)CNc2ccc(F)cc2F)cc1. The molecule has 0 aliphatic rings.